The molecule has 0 aliphatic heterocycles. The molecule has 2 N–H and O–H groups in total. The van der Waals surface area contributed by atoms with Crippen LogP contribution in [0.25, 0.3) is 10.9 Å². The van der Waals surface area contributed by atoms with Crippen molar-refractivity contribution in [2.45, 2.75) is 37.6 Å². The van der Waals surface area contributed by atoms with Crippen LogP contribution < -0.4 is 10.9 Å². The average molecular weight is 364 g/mol. The third-order valence-electron chi connectivity index (χ3n) is 5.40. The third-order valence-corrected chi connectivity index (χ3v) is 5.40. The number of carbonyl (C=O) groups excluding carboxylic acids is 1. The normalized spacial score (nSPS) is 19.7. The predicted molar refractivity (Wildman–Crippen MR) is 103 cm³/mol. The molecule has 1 fully saturated rings. The molecular formula is C22H21FN2O2. The number of aromatic nitrogens is 1. The van der Waals surface area contributed by atoms with Gasteiger partial charge in [0.2, 0.25) is 5.56 Å². The SMILES string of the molecule is O=C(NC1CCC(c2ccc(F)cc2)CC1)c1cc(=O)[nH]c2ccccc12. The minimum Gasteiger partial charge on any atom is -0.349 e. The van der Waals surface area contributed by atoms with E-state index in [2.05, 4.69) is 10.3 Å². The van der Waals surface area contributed by atoms with Crippen molar-refractivity contribution in [1.82, 2.24) is 10.3 Å². The van der Waals surface area contributed by atoms with E-state index >= 15 is 0 Å². The van der Waals surface area contributed by atoms with Gasteiger partial charge in [0.25, 0.3) is 5.91 Å². The van der Waals surface area contributed by atoms with Crippen molar-refractivity contribution in [2.24, 2.45) is 0 Å². The van der Waals surface area contributed by atoms with Gasteiger partial charge >= 0.3 is 0 Å². The minimum absolute atomic E-state index is 0.0900. The molecule has 2 aromatic carbocycles. The summed E-state index contributed by atoms with van der Waals surface area (Å²) in [5, 5.41) is 3.83. The molecule has 0 saturated heterocycles. The number of hydrogen-bond acceptors (Lipinski definition) is 2. The van der Waals surface area contributed by atoms with Gasteiger partial charge in [0.1, 0.15) is 5.82 Å². The van der Waals surface area contributed by atoms with Gasteiger partial charge in [-0.25, -0.2) is 4.39 Å². The van der Waals surface area contributed by atoms with Gasteiger partial charge in [-0.05, 0) is 55.4 Å². The summed E-state index contributed by atoms with van der Waals surface area (Å²) < 4.78 is 13.1. The number of halogens is 1. The zero-order valence-corrected chi connectivity index (χ0v) is 14.9. The topological polar surface area (TPSA) is 62.0 Å². The molecule has 1 aliphatic carbocycles. The Balaban J connectivity index is 1.44. The second kappa shape index (κ2) is 7.35. The zero-order chi connectivity index (χ0) is 18.8. The molecule has 1 heterocycles. The summed E-state index contributed by atoms with van der Waals surface area (Å²) in [5.74, 6) is -0.0218. The Labute approximate surface area is 156 Å². The lowest BCUT2D eigenvalue weighted by Gasteiger charge is -2.29. The number of benzene rings is 2. The number of pyridine rings is 1. The van der Waals surface area contributed by atoms with E-state index < -0.39 is 0 Å². The smallest absolute Gasteiger partial charge is 0.252 e. The highest BCUT2D eigenvalue weighted by molar-refractivity contribution is 6.06. The molecule has 1 aliphatic rings. The van der Waals surface area contributed by atoms with Gasteiger partial charge in [0.05, 0.1) is 5.56 Å². The quantitative estimate of drug-likeness (QED) is 0.734. The molecule has 1 saturated carbocycles. The van der Waals surface area contributed by atoms with E-state index in [1.54, 1.807) is 6.07 Å². The molecule has 0 radical (unpaired) electrons. The summed E-state index contributed by atoms with van der Waals surface area (Å²) in [6.07, 6.45) is 3.64. The van der Waals surface area contributed by atoms with Crippen LogP contribution in [0.3, 0.4) is 0 Å². The summed E-state index contributed by atoms with van der Waals surface area (Å²) in [7, 11) is 0. The van der Waals surface area contributed by atoms with Crippen LogP contribution in [0.5, 0.6) is 0 Å². The van der Waals surface area contributed by atoms with Crippen molar-refractivity contribution in [2.75, 3.05) is 0 Å². The molecule has 1 amide bonds. The largest absolute Gasteiger partial charge is 0.349 e. The van der Waals surface area contributed by atoms with E-state index in [9.17, 15) is 14.0 Å². The van der Waals surface area contributed by atoms with E-state index in [-0.39, 0.29) is 23.3 Å². The highest BCUT2D eigenvalue weighted by Gasteiger charge is 2.24. The van der Waals surface area contributed by atoms with E-state index in [1.807, 2.05) is 30.3 Å². The van der Waals surface area contributed by atoms with Crippen LogP contribution >= 0.6 is 0 Å². The summed E-state index contributed by atoms with van der Waals surface area (Å²) >= 11 is 0. The minimum atomic E-state index is -0.279. The van der Waals surface area contributed by atoms with E-state index in [4.69, 9.17) is 0 Å². The monoisotopic (exact) mass is 364 g/mol. The standard InChI is InChI=1S/C22H21FN2O2/c23-16-9-5-14(6-10-16)15-7-11-17(12-8-15)24-22(27)19-13-21(26)25-20-4-2-1-3-18(19)20/h1-6,9-10,13,15,17H,7-8,11-12H2,(H,24,27)(H,25,26). The molecule has 138 valence electrons. The Morgan fingerprint density at radius 1 is 1.00 bits per heavy atom. The number of H-pyrrole nitrogens is 1. The van der Waals surface area contributed by atoms with E-state index in [0.29, 0.717) is 17.0 Å². The maximum atomic E-state index is 13.1. The lowest BCUT2D eigenvalue weighted by molar-refractivity contribution is 0.0927. The van der Waals surface area contributed by atoms with Crippen LogP contribution in [-0.4, -0.2) is 16.9 Å². The van der Waals surface area contributed by atoms with Crippen LogP contribution in [0.15, 0.2) is 59.4 Å². The summed E-state index contributed by atoms with van der Waals surface area (Å²) in [6, 6.07) is 15.5. The molecule has 5 heteroatoms. The molecule has 0 unspecified atom stereocenters. The first-order valence-corrected chi connectivity index (χ1v) is 9.28. The fourth-order valence-corrected chi connectivity index (χ4v) is 3.96. The lowest BCUT2D eigenvalue weighted by atomic mass is 9.81. The van der Waals surface area contributed by atoms with Crippen molar-refractivity contribution in [1.29, 1.82) is 0 Å². The summed E-state index contributed by atoms with van der Waals surface area (Å²) in [6.45, 7) is 0. The lowest BCUT2D eigenvalue weighted by Crippen LogP contribution is -2.37. The molecule has 27 heavy (non-hydrogen) atoms. The second-order valence-corrected chi connectivity index (χ2v) is 7.17. The first-order valence-electron chi connectivity index (χ1n) is 9.28. The van der Waals surface area contributed by atoms with Crippen LogP contribution in [0.1, 0.15) is 47.5 Å². The molecule has 4 rings (SSSR count). The average Bonchev–Trinajstić information content (AvgIpc) is 2.68. The Kier molecular flexibility index (Phi) is 4.75. The van der Waals surface area contributed by atoms with Crippen molar-refractivity contribution >= 4 is 16.8 Å². The fourth-order valence-electron chi connectivity index (χ4n) is 3.96. The molecule has 0 spiro atoms. The highest BCUT2D eigenvalue weighted by Crippen LogP contribution is 2.33. The Morgan fingerprint density at radius 3 is 2.44 bits per heavy atom. The zero-order valence-electron chi connectivity index (χ0n) is 14.9. The first kappa shape index (κ1) is 17.5. The molecule has 0 bridgehead atoms. The summed E-state index contributed by atoms with van der Waals surface area (Å²) in [4.78, 5) is 27.4. The van der Waals surface area contributed by atoms with Gasteiger partial charge < -0.3 is 10.3 Å². The fraction of sp³-hybridized carbons (Fsp3) is 0.273. The molecule has 3 aromatic rings. The maximum Gasteiger partial charge on any atom is 0.252 e. The molecule has 0 atom stereocenters. The molecular weight excluding hydrogens is 343 g/mol. The second-order valence-electron chi connectivity index (χ2n) is 7.17. The number of amides is 1. The van der Waals surface area contributed by atoms with Crippen LogP contribution in [-0.2, 0) is 0 Å². The Bertz CT molecular complexity index is 1020. The first-order chi connectivity index (χ1) is 13.1. The van der Waals surface area contributed by atoms with Gasteiger partial charge in [-0.1, -0.05) is 30.3 Å². The van der Waals surface area contributed by atoms with E-state index in [1.165, 1.54) is 18.2 Å². The number of para-hydroxylation sites is 1. The van der Waals surface area contributed by atoms with Crippen LogP contribution in [0, 0.1) is 5.82 Å². The van der Waals surface area contributed by atoms with Crippen LogP contribution in [0.4, 0.5) is 4.39 Å². The van der Waals surface area contributed by atoms with Gasteiger partial charge in [0.15, 0.2) is 0 Å². The van der Waals surface area contributed by atoms with Gasteiger partial charge in [-0.3, -0.25) is 9.59 Å². The number of aromatic amines is 1. The summed E-state index contributed by atoms with van der Waals surface area (Å²) in [5.41, 5.74) is 1.95. The van der Waals surface area contributed by atoms with Crippen molar-refractivity contribution in [3.63, 3.8) is 0 Å². The van der Waals surface area contributed by atoms with E-state index in [0.717, 1.165) is 36.6 Å². The number of nitrogens with one attached hydrogen (secondary N) is 2. The van der Waals surface area contributed by atoms with Crippen molar-refractivity contribution in [3.05, 3.63) is 81.9 Å². The maximum absolute atomic E-state index is 13.1. The number of carbonyl (C=O) groups is 1. The highest BCUT2D eigenvalue weighted by atomic mass is 19.1. The van der Waals surface area contributed by atoms with Crippen molar-refractivity contribution in [3.8, 4) is 0 Å². The predicted octanol–water partition coefficient (Wildman–Crippen LogP) is 4.12. The van der Waals surface area contributed by atoms with Gasteiger partial charge in [-0.15, -0.1) is 0 Å². The van der Waals surface area contributed by atoms with Gasteiger partial charge in [-0.2, -0.15) is 0 Å². The Hall–Kier alpha value is -2.95. The van der Waals surface area contributed by atoms with Crippen LogP contribution in [0.2, 0.25) is 0 Å². The van der Waals surface area contributed by atoms with Crippen molar-refractivity contribution < 1.29 is 9.18 Å². The molecule has 4 nitrogen and oxygen atoms in total. The third kappa shape index (κ3) is 3.77. The number of fused-ring (bicyclic) bond motifs is 1. The number of hydrogen-bond donors (Lipinski definition) is 2. The van der Waals surface area contributed by atoms with Gasteiger partial charge in [0, 0.05) is 23.0 Å². The Morgan fingerprint density at radius 2 is 1.70 bits per heavy atom. The number of rotatable bonds is 3. The molecule has 1 aromatic heterocycles.